The SMILES string of the molecule is C=N/C(C)=C(\N=CCCN/C=C(\C/C=C\N)CC(C)=O)OCF. The number of carbonyl (C=O) groups is 1. The quantitative estimate of drug-likeness (QED) is 0.328. The highest BCUT2D eigenvalue weighted by atomic mass is 19.1. The summed E-state index contributed by atoms with van der Waals surface area (Å²) >= 11 is 0. The summed E-state index contributed by atoms with van der Waals surface area (Å²) in [6.45, 7) is 6.16. The largest absolute Gasteiger partial charge is 0.444 e. The molecule has 3 N–H and O–H groups in total. The molecule has 0 atom stereocenters. The summed E-state index contributed by atoms with van der Waals surface area (Å²) in [6.07, 6.45) is 8.25. The van der Waals surface area contributed by atoms with Gasteiger partial charge in [0.15, 0.2) is 0 Å². The maximum Gasteiger partial charge on any atom is 0.237 e. The fourth-order valence-corrected chi connectivity index (χ4v) is 1.59. The second-order valence-corrected chi connectivity index (χ2v) is 4.67. The monoisotopic (exact) mass is 324 g/mol. The van der Waals surface area contributed by atoms with Crippen molar-refractivity contribution in [1.29, 1.82) is 0 Å². The van der Waals surface area contributed by atoms with Crippen molar-refractivity contribution < 1.29 is 13.9 Å². The summed E-state index contributed by atoms with van der Waals surface area (Å²) < 4.78 is 16.9. The molecule has 0 heterocycles. The number of nitrogens with one attached hydrogen (secondary N) is 1. The first-order chi connectivity index (χ1) is 11.0. The third-order valence-electron chi connectivity index (χ3n) is 2.66. The van der Waals surface area contributed by atoms with Gasteiger partial charge in [-0.25, -0.2) is 9.38 Å². The van der Waals surface area contributed by atoms with Crippen LogP contribution in [0.3, 0.4) is 0 Å². The summed E-state index contributed by atoms with van der Waals surface area (Å²) in [7, 11) is 0. The van der Waals surface area contributed by atoms with Crippen LogP contribution in [0, 0.1) is 0 Å². The number of allylic oxidation sites excluding steroid dienone is 3. The third-order valence-corrected chi connectivity index (χ3v) is 2.66. The van der Waals surface area contributed by atoms with Crippen molar-refractivity contribution in [2.24, 2.45) is 15.7 Å². The highest BCUT2D eigenvalue weighted by molar-refractivity contribution is 5.78. The number of Topliss-reactive ketones (excluding diaryl/α,β-unsaturated/α-hetero) is 1. The number of halogens is 1. The Bertz CT molecular complexity index is 496. The van der Waals surface area contributed by atoms with Gasteiger partial charge in [0.1, 0.15) is 5.78 Å². The number of carbonyl (C=O) groups excluding carboxylic acids is 1. The first-order valence-electron chi connectivity index (χ1n) is 7.21. The van der Waals surface area contributed by atoms with E-state index in [-0.39, 0.29) is 11.7 Å². The van der Waals surface area contributed by atoms with Crippen LogP contribution in [-0.2, 0) is 9.53 Å². The predicted octanol–water partition coefficient (Wildman–Crippen LogP) is 2.60. The number of aliphatic imine (C=N–C) groups is 2. The molecule has 0 radical (unpaired) electrons. The van der Waals surface area contributed by atoms with Gasteiger partial charge in [0.05, 0.1) is 5.70 Å². The minimum Gasteiger partial charge on any atom is -0.444 e. The van der Waals surface area contributed by atoms with Crippen molar-refractivity contribution in [3.05, 3.63) is 35.6 Å². The van der Waals surface area contributed by atoms with Crippen LogP contribution in [0.25, 0.3) is 0 Å². The zero-order chi connectivity index (χ0) is 17.5. The molecular weight excluding hydrogens is 299 g/mol. The Hall–Kier alpha value is -2.44. The number of hydrogen-bond acceptors (Lipinski definition) is 6. The summed E-state index contributed by atoms with van der Waals surface area (Å²) in [5.41, 5.74) is 6.67. The Labute approximate surface area is 136 Å². The number of ether oxygens (including phenoxy) is 1. The lowest BCUT2D eigenvalue weighted by Crippen LogP contribution is -2.09. The number of nitrogens with zero attached hydrogens (tertiary/aromatic N) is 2. The Morgan fingerprint density at radius 3 is 2.74 bits per heavy atom. The fraction of sp³-hybridized carbons (Fsp3) is 0.438. The number of alkyl halides is 1. The van der Waals surface area contributed by atoms with Gasteiger partial charge in [-0.1, -0.05) is 6.08 Å². The maximum absolute atomic E-state index is 12.2. The highest BCUT2D eigenvalue weighted by Gasteiger charge is 2.00. The summed E-state index contributed by atoms with van der Waals surface area (Å²) in [6, 6.07) is 0. The molecule has 128 valence electrons. The van der Waals surface area contributed by atoms with Crippen molar-refractivity contribution in [1.82, 2.24) is 5.32 Å². The molecule has 0 aromatic heterocycles. The Morgan fingerprint density at radius 2 is 2.17 bits per heavy atom. The van der Waals surface area contributed by atoms with Gasteiger partial charge in [0.25, 0.3) is 0 Å². The van der Waals surface area contributed by atoms with Crippen LogP contribution in [0.2, 0.25) is 0 Å². The third kappa shape index (κ3) is 10.9. The molecule has 0 aromatic rings. The molecule has 0 saturated heterocycles. The molecule has 0 spiro atoms. The molecule has 0 aromatic carbocycles. The lowest BCUT2D eigenvalue weighted by molar-refractivity contribution is -0.116. The van der Waals surface area contributed by atoms with E-state index in [9.17, 15) is 9.18 Å². The number of ketones is 1. The smallest absolute Gasteiger partial charge is 0.237 e. The van der Waals surface area contributed by atoms with Crippen molar-refractivity contribution in [3.63, 3.8) is 0 Å². The average molecular weight is 324 g/mol. The molecule has 0 amide bonds. The van der Waals surface area contributed by atoms with Crippen molar-refractivity contribution in [2.75, 3.05) is 13.4 Å². The predicted molar refractivity (Wildman–Crippen MR) is 91.7 cm³/mol. The minimum atomic E-state index is -0.969. The first kappa shape index (κ1) is 20.6. The van der Waals surface area contributed by atoms with Crippen molar-refractivity contribution >= 4 is 18.7 Å². The fourth-order valence-electron chi connectivity index (χ4n) is 1.59. The van der Waals surface area contributed by atoms with Crippen molar-refractivity contribution in [2.45, 2.75) is 33.1 Å². The molecule has 0 aliphatic rings. The molecule has 0 unspecified atom stereocenters. The van der Waals surface area contributed by atoms with E-state index in [0.717, 1.165) is 5.57 Å². The van der Waals surface area contributed by atoms with E-state index < -0.39 is 6.86 Å². The normalized spacial score (nSPS) is 13.3. The van der Waals surface area contributed by atoms with E-state index in [1.54, 1.807) is 32.3 Å². The minimum absolute atomic E-state index is 0.0931. The van der Waals surface area contributed by atoms with Crippen LogP contribution in [0.5, 0.6) is 0 Å². The van der Waals surface area contributed by atoms with Crippen LogP contribution in [-0.4, -0.2) is 32.1 Å². The van der Waals surface area contributed by atoms with E-state index in [1.807, 2.05) is 0 Å². The lowest BCUT2D eigenvalue weighted by Gasteiger charge is -2.05. The van der Waals surface area contributed by atoms with Crippen LogP contribution < -0.4 is 11.1 Å². The highest BCUT2D eigenvalue weighted by Crippen LogP contribution is 2.08. The van der Waals surface area contributed by atoms with E-state index in [1.165, 1.54) is 6.20 Å². The number of hydrogen-bond donors (Lipinski definition) is 2. The van der Waals surface area contributed by atoms with E-state index in [4.69, 9.17) is 10.5 Å². The molecule has 23 heavy (non-hydrogen) atoms. The Morgan fingerprint density at radius 1 is 1.43 bits per heavy atom. The summed E-state index contributed by atoms with van der Waals surface area (Å²) in [4.78, 5) is 18.8. The van der Waals surface area contributed by atoms with Gasteiger partial charge in [-0.2, -0.15) is 0 Å². The molecule has 0 rings (SSSR count). The van der Waals surface area contributed by atoms with E-state index >= 15 is 0 Å². The Kier molecular flexibility index (Phi) is 11.8. The second kappa shape index (κ2) is 13.2. The molecule has 0 saturated carbocycles. The Balaban J connectivity index is 4.40. The van der Waals surface area contributed by atoms with Gasteiger partial charge in [-0.3, -0.25) is 9.79 Å². The van der Waals surface area contributed by atoms with Crippen LogP contribution in [0.1, 0.15) is 33.1 Å². The van der Waals surface area contributed by atoms with Gasteiger partial charge in [-0.05, 0) is 45.0 Å². The molecule has 0 fully saturated rings. The van der Waals surface area contributed by atoms with E-state index in [2.05, 4.69) is 22.0 Å². The van der Waals surface area contributed by atoms with E-state index in [0.29, 0.717) is 31.5 Å². The van der Waals surface area contributed by atoms with Crippen LogP contribution in [0.15, 0.2) is 45.6 Å². The summed E-state index contributed by atoms with van der Waals surface area (Å²) in [5.74, 6) is 0.207. The lowest BCUT2D eigenvalue weighted by atomic mass is 10.1. The zero-order valence-corrected chi connectivity index (χ0v) is 13.7. The molecule has 0 aliphatic carbocycles. The number of nitrogens with two attached hydrogens (primary N) is 1. The molecule has 0 bridgehead atoms. The topological polar surface area (TPSA) is 89.1 Å². The average Bonchev–Trinajstić information content (AvgIpc) is 2.53. The zero-order valence-electron chi connectivity index (χ0n) is 13.7. The van der Waals surface area contributed by atoms with Crippen LogP contribution in [0.4, 0.5) is 4.39 Å². The van der Waals surface area contributed by atoms with Gasteiger partial charge in [-0.15, -0.1) is 0 Å². The molecule has 6 nitrogen and oxygen atoms in total. The summed E-state index contributed by atoms with van der Waals surface area (Å²) in [5, 5.41) is 3.10. The molecule has 7 heteroatoms. The van der Waals surface area contributed by atoms with Crippen LogP contribution >= 0.6 is 0 Å². The first-order valence-corrected chi connectivity index (χ1v) is 7.21. The van der Waals surface area contributed by atoms with Crippen molar-refractivity contribution in [3.8, 4) is 0 Å². The number of rotatable bonds is 12. The van der Waals surface area contributed by atoms with Gasteiger partial charge >= 0.3 is 0 Å². The molecular formula is C16H25FN4O2. The second-order valence-electron chi connectivity index (χ2n) is 4.67. The standard InChI is InChI=1S/C16H25FN4O2/c1-13(22)10-15(6-4-7-18)11-20-8-5-9-21-16(23-12-17)14(2)19-3/h4,7,9,11,20H,3,5-6,8,10,12,18H2,1-2H3/b7-4-,15-11+,16-14+,21-9?. The van der Waals surface area contributed by atoms with Gasteiger partial charge in [0, 0.05) is 25.6 Å². The molecule has 0 aliphatic heterocycles. The van der Waals surface area contributed by atoms with Gasteiger partial charge < -0.3 is 15.8 Å². The maximum atomic E-state index is 12.2. The van der Waals surface area contributed by atoms with Gasteiger partial charge in [0.2, 0.25) is 12.7 Å².